The minimum atomic E-state index is -0.849. The van der Waals surface area contributed by atoms with Gasteiger partial charge in [-0.2, -0.15) is 9.65 Å². The molecule has 0 aromatic rings. The van der Waals surface area contributed by atoms with Crippen molar-refractivity contribution in [1.29, 1.82) is 5.26 Å². The van der Waals surface area contributed by atoms with Crippen molar-refractivity contribution in [2.24, 2.45) is 17.3 Å². The van der Waals surface area contributed by atoms with Crippen LogP contribution >= 0.6 is 11.6 Å². The first-order valence-electron chi connectivity index (χ1n) is 3.88. The third-order valence-electron chi connectivity index (χ3n) is 2.59. The first kappa shape index (κ1) is 10.2. The highest BCUT2D eigenvalue weighted by Gasteiger charge is 2.60. The van der Waals surface area contributed by atoms with Crippen LogP contribution in [0.4, 0.5) is 4.39 Å². The Bertz CT molecular complexity index is 316. The van der Waals surface area contributed by atoms with E-state index in [0.29, 0.717) is 0 Å². The van der Waals surface area contributed by atoms with Crippen LogP contribution in [0.1, 0.15) is 13.8 Å². The van der Waals surface area contributed by atoms with Gasteiger partial charge in [0.1, 0.15) is 6.07 Å². The summed E-state index contributed by atoms with van der Waals surface area (Å²) in [5.41, 5.74) is -0.312. The number of carbonyl (C=O) groups excluding carboxylic acids is 1. The molecule has 13 heavy (non-hydrogen) atoms. The number of carbonyl (C=O) groups is 1. The zero-order valence-electron chi connectivity index (χ0n) is 7.34. The third-order valence-corrected chi connectivity index (χ3v) is 2.82. The molecule has 0 aromatic carbocycles. The summed E-state index contributed by atoms with van der Waals surface area (Å²) in [5, 5.41) is 7.73. The molecule has 70 valence electrons. The molecular weight excluding hydrogens is 193 g/mol. The van der Waals surface area contributed by atoms with Gasteiger partial charge in [-0.1, -0.05) is 13.8 Å². The first-order chi connectivity index (χ1) is 5.91. The van der Waals surface area contributed by atoms with E-state index in [4.69, 9.17) is 16.9 Å². The molecule has 1 saturated carbocycles. The molecule has 0 bridgehead atoms. The van der Waals surface area contributed by atoms with Gasteiger partial charge in [-0.15, -0.1) is 0 Å². The van der Waals surface area contributed by atoms with Gasteiger partial charge >= 0.3 is 0 Å². The zero-order valence-corrected chi connectivity index (χ0v) is 8.10. The number of nitrogens with zero attached hydrogens (tertiary/aromatic N) is 1. The molecule has 2 unspecified atom stereocenters. The summed E-state index contributed by atoms with van der Waals surface area (Å²) in [6.45, 7) is 3.65. The lowest BCUT2D eigenvalue weighted by molar-refractivity contribution is -0.113. The molecule has 1 aliphatic rings. The van der Waals surface area contributed by atoms with E-state index in [-0.39, 0.29) is 17.3 Å². The maximum Gasteiger partial charge on any atom is 0.225 e. The molecule has 4 heteroatoms. The summed E-state index contributed by atoms with van der Waals surface area (Å²) in [5.74, 6) is -1.44. The van der Waals surface area contributed by atoms with Crippen molar-refractivity contribution in [3.8, 4) is 6.07 Å². The molecular formula is C9H9ClFNO. The highest BCUT2D eigenvalue weighted by Crippen LogP contribution is 2.60. The smallest absolute Gasteiger partial charge is 0.225 e. The molecule has 1 rings (SSSR count). The van der Waals surface area contributed by atoms with Crippen LogP contribution in [0, 0.1) is 28.6 Å². The average Bonchev–Trinajstić information content (AvgIpc) is 2.53. The van der Waals surface area contributed by atoms with Crippen LogP contribution in [0.5, 0.6) is 0 Å². The van der Waals surface area contributed by atoms with Gasteiger partial charge in [0.15, 0.2) is 5.83 Å². The summed E-state index contributed by atoms with van der Waals surface area (Å²) in [6, 6.07) is 1.37. The van der Waals surface area contributed by atoms with Crippen LogP contribution in [-0.4, -0.2) is 5.24 Å². The van der Waals surface area contributed by atoms with E-state index in [0.717, 1.165) is 0 Å². The fourth-order valence-electron chi connectivity index (χ4n) is 1.62. The quantitative estimate of drug-likeness (QED) is 0.509. The molecule has 0 amide bonds. The van der Waals surface area contributed by atoms with Crippen molar-refractivity contribution in [1.82, 2.24) is 0 Å². The van der Waals surface area contributed by atoms with Crippen LogP contribution in [-0.2, 0) is 4.79 Å². The standard InChI is InChI=1S/C9H9ClFNO/c1-9(2)6(3-5(11)4-12)7(9)8(10)13/h3,6-7H,1-2H3. The maximum absolute atomic E-state index is 12.5. The number of nitriles is 1. The normalized spacial score (nSPS) is 30.8. The molecule has 2 atom stereocenters. The highest BCUT2D eigenvalue weighted by molar-refractivity contribution is 6.64. The van der Waals surface area contributed by atoms with Crippen LogP contribution in [0.3, 0.4) is 0 Å². The van der Waals surface area contributed by atoms with Crippen molar-refractivity contribution in [2.75, 3.05) is 0 Å². The molecule has 2 nitrogen and oxygen atoms in total. The second-order valence-electron chi connectivity index (χ2n) is 3.76. The van der Waals surface area contributed by atoms with Crippen LogP contribution in [0.25, 0.3) is 0 Å². The Hall–Kier alpha value is -0.880. The number of allylic oxidation sites excluding steroid dienone is 2. The van der Waals surface area contributed by atoms with Crippen LogP contribution in [0.2, 0.25) is 0 Å². The van der Waals surface area contributed by atoms with Gasteiger partial charge in [0, 0.05) is 5.92 Å². The predicted octanol–water partition coefficient (Wildman–Crippen LogP) is 2.40. The number of hydrogen-bond acceptors (Lipinski definition) is 2. The molecule has 1 aliphatic carbocycles. The summed E-state index contributed by atoms with van der Waals surface area (Å²) in [6.07, 6.45) is 1.17. The number of hydrogen-bond donors (Lipinski definition) is 0. The van der Waals surface area contributed by atoms with Crippen LogP contribution < -0.4 is 0 Å². The Labute approximate surface area is 81.0 Å². The van der Waals surface area contributed by atoms with E-state index in [1.807, 2.05) is 13.8 Å². The van der Waals surface area contributed by atoms with Gasteiger partial charge in [-0.05, 0) is 29.0 Å². The minimum absolute atomic E-state index is 0.239. The fraction of sp³-hybridized carbons (Fsp3) is 0.556. The Morgan fingerprint density at radius 3 is 2.54 bits per heavy atom. The Kier molecular flexibility index (Phi) is 2.44. The van der Waals surface area contributed by atoms with Gasteiger partial charge in [-0.3, -0.25) is 4.79 Å². The Morgan fingerprint density at radius 1 is 1.69 bits per heavy atom. The Balaban J connectivity index is 2.79. The van der Waals surface area contributed by atoms with Gasteiger partial charge in [0.2, 0.25) is 5.24 Å². The molecule has 0 heterocycles. The highest BCUT2D eigenvalue weighted by atomic mass is 35.5. The van der Waals surface area contributed by atoms with E-state index >= 15 is 0 Å². The number of rotatable bonds is 2. The largest absolute Gasteiger partial charge is 0.281 e. The lowest BCUT2D eigenvalue weighted by Crippen LogP contribution is -1.96. The van der Waals surface area contributed by atoms with E-state index < -0.39 is 11.1 Å². The maximum atomic E-state index is 12.5. The second kappa shape index (κ2) is 3.12. The zero-order chi connectivity index (χ0) is 10.2. The summed E-state index contributed by atoms with van der Waals surface area (Å²) in [4.78, 5) is 10.8. The van der Waals surface area contributed by atoms with E-state index in [1.54, 1.807) is 0 Å². The lowest BCUT2D eigenvalue weighted by Gasteiger charge is -1.95. The van der Waals surface area contributed by atoms with Crippen molar-refractivity contribution < 1.29 is 9.18 Å². The summed E-state index contributed by atoms with van der Waals surface area (Å²) >= 11 is 5.31. The molecule has 0 aromatic heterocycles. The van der Waals surface area contributed by atoms with Crippen molar-refractivity contribution in [3.05, 3.63) is 11.9 Å². The van der Waals surface area contributed by atoms with E-state index in [2.05, 4.69) is 0 Å². The Morgan fingerprint density at radius 2 is 2.23 bits per heavy atom. The fourth-order valence-corrected chi connectivity index (χ4v) is 2.03. The first-order valence-corrected chi connectivity index (χ1v) is 4.26. The van der Waals surface area contributed by atoms with Gasteiger partial charge in [0.05, 0.1) is 0 Å². The summed E-state index contributed by atoms with van der Waals surface area (Å²) < 4.78 is 12.5. The van der Waals surface area contributed by atoms with Crippen molar-refractivity contribution >= 4 is 16.8 Å². The molecule has 0 radical (unpaired) electrons. The minimum Gasteiger partial charge on any atom is -0.281 e. The molecule has 0 aliphatic heterocycles. The van der Waals surface area contributed by atoms with Gasteiger partial charge in [-0.25, -0.2) is 0 Å². The SMILES string of the molecule is CC1(C)C(C=C(F)C#N)C1C(=O)Cl. The molecule has 0 saturated heterocycles. The van der Waals surface area contributed by atoms with Crippen molar-refractivity contribution in [2.45, 2.75) is 13.8 Å². The van der Waals surface area contributed by atoms with Crippen LogP contribution in [0.15, 0.2) is 11.9 Å². The third kappa shape index (κ3) is 1.73. The summed E-state index contributed by atoms with van der Waals surface area (Å²) in [7, 11) is 0. The van der Waals surface area contributed by atoms with Gasteiger partial charge in [0.25, 0.3) is 0 Å². The van der Waals surface area contributed by atoms with E-state index in [9.17, 15) is 9.18 Å². The number of halogens is 2. The molecule has 0 spiro atoms. The predicted molar refractivity (Wildman–Crippen MR) is 46.4 cm³/mol. The lowest BCUT2D eigenvalue weighted by atomic mass is 10.1. The monoisotopic (exact) mass is 201 g/mol. The van der Waals surface area contributed by atoms with E-state index in [1.165, 1.54) is 12.1 Å². The molecule has 0 N–H and O–H groups in total. The van der Waals surface area contributed by atoms with Crippen molar-refractivity contribution in [3.63, 3.8) is 0 Å². The second-order valence-corrected chi connectivity index (χ2v) is 4.13. The molecule has 1 fully saturated rings. The average molecular weight is 202 g/mol. The topological polar surface area (TPSA) is 40.9 Å². The van der Waals surface area contributed by atoms with Gasteiger partial charge < -0.3 is 0 Å².